The Balaban J connectivity index is 1.26. The highest BCUT2D eigenvalue weighted by atomic mass is 19.4. The summed E-state index contributed by atoms with van der Waals surface area (Å²) in [5, 5.41) is 4.18. The van der Waals surface area contributed by atoms with E-state index in [4.69, 9.17) is 4.74 Å². The van der Waals surface area contributed by atoms with E-state index in [2.05, 4.69) is 5.10 Å². The van der Waals surface area contributed by atoms with E-state index in [0.29, 0.717) is 23.3 Å². The van der Waals surface area contributed by atoms with Crippen LogP contribution in [0.2, 0.25) is 0 Å². The van der Waals surface area contributed by atoms with Crippen molar-refractivity contribution in [1.29, 1.82) is 0 Å². The largest absolute Gasteiger partial charge is 0.491 e. The van der Waals surface area contributed by atoms with E-state index >= 15 is 0 Å². The maximum absolute atomic E-state index is 14.0. The number of benzene rings is 2. The molecule has 1 aliphatic carbocycles. The highest BCUT2D eigenvalue weighted by Crippen LogP contribution is 2.48. The molecule has 0 bridgehead atoms. The third-order valence-electron chi connectivity index (χ3n) is 8.02. The van der Waals surface area contributed by atoms with Crippen molar-refractivity contribution in [3.05, 3.63) is 71.3 Å². The maximum atomic E-state index is 14.0. The maximum Gasteiger partial charge on any atom is 0.412 e. The number of likely N-dealkylation sites (tertiary alicyclic amines) is 1. The molecule has 1 fully saturated rings. The molecule has 2 atom stereocenters. The first-order valence-corrected chi connectivity index (χ1v) is 12.7. The number of aromatic nitrogens is 2. The Morgan fingerprint density at radius 3 is 2.65 bits per heavy atom. The Bertz CT molecular complexity index is 1550. The van der Waals surface area contributed by atoms with E-state index in [-0.39, 0.29) is 17.7 Å². The number of hydrogen-bond donors (Lipinski definition) is 0. The number of halogens is 4. The highest BCUT2D eigenvalue weighted by molar-refractivity contribution is 6.11. The molecule has 6 rings (SSSR count). The molecule has 1 aromatic heterocycles. The second kappa shape index (κ2) is 9.17. The van der Waals surface area contributed by atoms with Crippen molar-refractivity contribution in [3.63, 3.8) is 0 Å². The van der Waals surface area contributed by atoms with E-state index in [0.717, 1.165) is 33.7 Å². The third-order valence-corrected chi connectivity index (χ3v) is 8.02. The number of imide groups is 1. The van der Waals surface area contributed by atoms with Crippen LogP contribution in [0.5, 0.6) is 5.75 Å². The second-order valence-electron chi connectivity index (χ2n) is 10.5. The van der Waals surface area contributed by atoms with Crippen molar-refractivity contribution in [3.8, 4) is 16.9 Å². The van der Waals surface area contributed by atoms with E-state index in [9.17, 15) is 31.9 Å². The number of ether oxygens (including phenoxy) is 1. The smallest absolute Gasteiger partial charge is 0.412 e. The lowest BCUT2D eigenvalue weighted by molar-refractivity contribution is -0.195. The molecule has 3 aliphatic rings. The quantitative estimate of drug-likeness (QED) is 0.364. The standard InChI is InChI=1S/C28H24F4N4O4/c1-34-12-19(11-33-34)16-2-4-21-17(8-16)6-7-27(21)10-24(37)36(26(27)39)14-25(38)35-13-18-9-20(29)3-5-22(18)40-15-23(35)28(30,31)32/h2-5,8-9,11-12,23H,6-7,10,13-15H2,1H3/t23-,27-/m0/s1. The molecule has 8 nitrogen and oxygen atoms in total. The first-order chi connectivity index (χ1) is 19.0. The van der Waals surface area contributed by atoms with Crippen molar-refractivity contribution in [2.45, 2.75) is 43.4 Å². The van der Waals surface area contributed by atoms with Crippen LogP contribution in [0, 0.1) is 5.82 Å². The van der Waals surface area contributed by atoms with Gasteiger partial charge in [0.25, 0.3) is 0 Å². The molecule has 1 spiro atoms. The molecule has 1 saturated heterocycles. The number of aryl methyl sites for hydroxylation is 2. The number of hydrogen-bond acceptors (Lipinski definition) is 5. The van der Waals surface area contributed by atoms with Crippen molar-refractivity contribution >= 4 is 17.7 Å². The van der Waals surface area contributed by atoms with Gasteiger partial charge in [-0.3, -0.25) is 24.0 Å². The number of carbonyl (C=O) groups is 3. The molecule has 40 heavy (non-hydrogen) atoms. The fourth-order valence-electron chi connectivity index (χ4n) is 5.99. The fraction of sp³-hybridized carbons (Fsp3) is 0.357. The lowest BCUT2D eigenvalue weighted by Gasteiger charge is -2.32. The SMILES string of the molecule is Cn1cc(-c2ccc3c(c2)CC[C@]32CC(=O)N(CC(=O)N3Cc4cc(F)ccc4OC[C@H]3C(F)(F)F)C2=O)cn1. The minimum atomic E-state index is -4.85. The lowest BCUT2D eigenvalue weighted by atomic mass is 9.80. The van der Waals surface area contributed by atoms with Crippen LogP contribution >= 0.6 is 0 Å². The number of fused-ring (bicyclic) bond motifs is 3. The van der Waals surface area contributed by atoms with Crippen LogP contribution in [0.3, 0.4) is 0 Å². The topological polar surface area (TPSA) is 84.7 Å². The van der Waals surface area contributed by atoms with Crippen LogP contribution in [-0.2, 0) is 39.8 Å². The van der Waals surface area contributed by atoms with Gasteiger partial charge in [0.2, 0.25) is 17.7 Å². The molecule has 0 radical (unpaired) electrons. The number of amides is 3. The summed E-state index contributed by atoms with van der Waals surface area (Å²) in [6.45, 7) is -2.33. The van der Waals surface area contributed by atoms with Crippen LogP contribution in [0.4, 0.5) is 17.6 Å². The number of nitrogens with zero attached hydrogens (tertiary/aromatic N) is 4. The molecule has 2 aromatic carbocycles. The van der Waals surface area contributed by atoms with Gasteiger partial charge in [-0.1, -0.05) is 18.2 Å². The molecule has 0 unspecified atom stereocenters. The monoisotopic (exact) mass is 556 g/mol. The Kier molecular flexibility index (Phi) is 5.97. The minimum Gasteiger partial charge on any atom is -0.491 e. The van der Waals surface area contributed by atoms with E-state index in [1.807, 2.05) is 18.3 Å². The summed E-state index contributed by atoms with van der Waals surface area (Å²) in [4.78, 5) is 41.4. The molecular formula is C28H24F4N4O4. The van der Waals surface area contributed by atoms with Gasteiger partial charge in [0, 0.05) is 30.8 Å². The van der Waals surface area contributed by atoms with Crippen LogP contribution in [0.15, 0.2) is 48.8 Å². The molecule has 0 N–H and O–H groups in total. The summed E-state index contributed by atoms with van der Waals surface area (Å²) in [5.74, 6) is -2.96. The number of carbonyl (C=O) groups excluding carboxylic acids is 3. The Labute approximate surface area is 226 Å². The van der Waals surface area contributed by atoms with Crippen LogP contribution in [-0.4, -0.2) is 62.7 Å². The fourth-order valence-corrected chi connectivity index (χ4v) is 5.99. The zero-order valence-electron chi connectivity index (χ0n) is 21.4. The molecule has 3 amide bonds. The summed E-state index contributed by atoms with van der Waals surface area (Å²) in [5.41, 5.74) is 2.29. The summed E-state index contributed by atoms with van der Waals surface area (Å²) in [6.07, 6.45) is -0.557. The molecule has 3 heterocycles. The first kappa shape index (κ1) is 26.0. The average molecular weight is 557 g/mol. The predicted octanol–water partition coefficient (Wildman–Crippen LogP) is 3.52. The van der Waals surface area contributed by atoms with Crippen LogP contribution < -0.4 is 4.74 Å². The molecular weight excluding hydrogens is 532 g/mol. The van der Waals surface area contributed by atoms with Gasteiger partial charge in [-0.05, 0) is 47.7 Å². The average Bonchev–Trinajstić information content (AvgIpc) is 3.51. The van der Waals surface area contributed by atoms with Crippen molar-refractivity contribution in [1.82, 2.24) is 19.6 Å². The van der Waals surface area contributed by atoms with Crippen LogP contribution in [0.25, 0.3) is 11.1 Å². The molecule has 208 valence electrons. The normalized spacial score (nSPS) is 22.4. The van der Waals surface area contributed by atoms with Gasteiger partial charge in [-0.15, -0.1) is 0 Å². The Morgan fingerprint density at radius 1 is 1.12 bits per heavy atom. The first-order valence-electron chi connectivity index (χ1n) is 12.7. The molecule has 2 aliphatic heterocycles. The zero-order valence-corrected chi connectivity index (χ0v) is 21.4. The Morgan fingerprint density at radius 2 is 1.93 bits per heavy atom. The molecule has 12 heteroatoms. The number of rotatable bonds is 3. The van der Waals surface area contributed by atoms with Crippen molar-refractivity contribution in [2.24, 2.45) is 7.05 Å². The zero-order chi connectivity index (χ0) is 28.4. The summed E-state index contributed by atoms with van der Waals surface area (Å²) in [7, 11) is 1.80. The van der Waals surface area contributed by atoms with Crippen LogP contribution in [0.1, 0.15) is 29.5 Å². The van der Waals surface area contributed by atoms with Gasteiger partial charge in [-0.25, -0.2) is 4.39 Å². The van der Waals surface area contributed by atoms with Gasteiger partial charge in [0.1, 0.15) is 24.7 Å². The van der Waals surface area contributed by atoms with Crippen molar-refractivity contribution < 1.29 is 36.7 Å². The predicted molar refractivity (Wildman–Crippen MR) is 132 cm³/mol. The minimum absolute atomic E-state index is 0.0337. The third kappa shape index (κ3) is 4.22. The second-order valence-corrected chi connectivity index (χ2v) is 10.5. The molecule has 3 aromatic rings. The van der Waals surface area contributed by atoms with Gasteiger partial charge in [0.15, 0.2) is 6.04 Å². The van der Waals surface area contributed by atoms with Gasteiger partial charge in [0.05, 0.1) is 18.2 Å². The summed E-state index contributed by atoms with van der Waals surface area (Å²) in [6, 6.07) is 6.53. The lowest BCUT2D eigenvalue weighted by Crippen LogP contribution is -2.54. The highest BCUT2D eigenvalue weighted by Gasteiger charge is 2.56. The van der Waals surface area contributed by atoms with Gasteiger partial charge in [-0.2, -0.15) is 18.3 Å². The molecule has 0 saturated carbocycles. The van der Waals surface area contributed by atoms with E-state index in [1.165, 1.54) is 6.07 Å². The van der Waals surface area contributed by atoms with Gasteiger partial charge >= 0.3 is 6.18 Å². The van der Waals surface area contributed by atoms with Crippen molar-refractivity contribution in [2.75, 3.05) is 13.2 Å². The van der Waals surface area contributed by atoms with E-state index in [1.54, 1.807) is 24.0 Å². The summed E-state index contributed by atoms with van der Waals surface area (Å²) < 4.78 is 62.7. The van der Waals surface area contributed by atoms with E-state index < -0.39 is 60.9 Å². The Hall–Kier alpha value is -4.22. The number of alkyl halides is 3. The van der Waals surface area contributed by atoms with Gasteiger partial charge < -0.3 is 9.64 Å². The summed E-state index contributed by atoms with van der Waals surface area (Å²) >= 11 is 0.